The maximum atomic E-state index is 13.7. The summed E-state index contributed by atoms with van der Waals surface area (Å²) < 4.78 is 31.9. The minimum atomic E-state index is -0.621. The lowest BCUT2D eigenvalue weighted by Crippen LogP contribution is -1.93. The van der Waals surface area contributed by atoms with Crippen molar-refractivity contribution >= 4 is 5.82 Å². The molecule has 0 bridgehead atoms. The molecular weight excluding hydrogens is 228 g/mol. The monoisotopic (exact) mass is 239 g/mol. The van der Waals surface area contributed by atoms with Crippen LogP contribution in [0.25, 0.3) is 11.3 Å². The molecular formula is C11H11F2N3O. The van der Waals surface area contributed by atoms with Crippen molar-refractivity contribution in [1.29, 1.82) is 0 Å². The molecule has 0 fully saturated rings. The fourth-order valence-electron chi connectivity index (χ4n) is 1.48. The molecule has 0 aliphatic carbocycles. The highest BCUT2D eigenvalue weighted by Gasteiger charge is 2.13. The number of H-pyrrole nitrogens is 1. The fraction of sp³-hybridized carbons (Fsp3) is 0.182. The van der Waals surface area contributed by atoms with E-state index in [0.29, 0.717) is 11.5 Å². The van der Waals surface area contributed by atoms with Crippen LogP contribution < -0.4 is 10.1 Å². The zero-order valence-electron chi connectivity index (χ0n) is 9.34. The third-order valence-electron chi connectivity index (χ3n) is 2.37. The highest BCUT2D eigenvalue weighted by molar-refractivity contribution is 5.64. The number of rotatable bonds is 3. The number of nitrogens with zero attached hydrogens (tertiary/aromatic N) is 1. The van der Waals surface area contributed by atoms with Gasteiger partial charge >= 0.3 is 0 Å². The van der Waals surface area contributed by atoms with Crippen LogP contribution in [0.15, 0.2) is 18.2 Å². The van der Waals surface area contributed by atoms with Crippen LogP contribution in [-0.2, 0) is 0 Å². The summed E-state index contributed by atoms with van der Waals surface area (Å²) in [4.78, 5) is 0. The molecule has 0 aliphatic heterocycles. The Hall–Kier alpha value is -2.11. The predicted molar refractivity (Wildman–Crippen MR) is 60.0 cm³/mol. The van der Waals surface area contributed by atoms with Crippen molar-refractivity contribution in [1.82, 2.24) is 10.2 Å². The van der Waals surface area contributed by atoms with Gasteiger partial charge in [-0.25, -0.2) is 8.78 Å². The quantitative estimate of drug-likeness (QED) is 0.864. The number of methoxy groups -OCH3 is 1. The van der Waals surface area contributed by atoms with E-state index >= 15 is 0 Å². The standard InChI is InChI=1S/C11H11F2N3O/c1-14-11-5-9(15-16-11)6-3-8(13)10(17-2)4-7(6)12/h3-5H,1-2H3,(H2,14,15,16). The van der Waals surface area contributed by atoms with Crippen LogP contribution in [0.5, 0.6) is 5.75 Å². The topological polar surface area (TPSA) is 49.9 Å². The number of hydrogen-bond donors (Lipinski definition) is 2. The highest BCUT2D eigenvalue weighted by Crippen LogP contribution is 2.28. The molecule has 0 unspecified atom stereocenters. The van der Waals surface area contributed by atoms with Gasteiger partial charge in [0.05, 0.1) is 12.8 Å². The first-order valence-electron chi connectivity index (χ1n) is 4.92. The van der Waals surface area contributed by atoms with Crippen LogP contribution in [0.2, 0.25) is 0 Å². The molecule has 1 aromatic heterocycles. The van der Waals surface area contributed by atoms with Gasteiger partial charge in [-0.1, -0.05) is 0 Å². The Labute approximate surface area is 96.6 Å². The number of hydrogen-bond acceptors (Lipinski definition) is 3. The molecule has 0 spiro atoms. The molecule has 0 atom stereocenters. The fourth-order valence-corrected chi connectivity index (χ4v) is 1.48. The van der Waals surface area contributed by atoms with E-state index in [1.54, 1.807) is 13.1 Å². The summed E-state index contributed by atoms with van der Waals surface area (Å²) in [6, 6.07) is 3.66. The molecule has 2 rings (SSSR count). The van der Waals surface area contributed by atoms with Gasteiger partial charge < -0.3 is 10.1 Å². The lowest BCUT2D eigenvalue weighted by molar-refractivity contribution is 0.383. The number of nitrogens with one attached hydrogen (secondary N) is 2. The van der Waals surface area contributed by atoms with Gasteiger partial charge in [-0.2, -0.15) is 5.10 Å². The van der Waals surface area contributed by atoms with E-state index in [1.807, 2.05) is 0 Å². The second-order valence-electron chi connectivity index (χ2n) is 3.38. The zero-order chi connectivity index (χ0) is 12.4. The Morgan fingerprint density at radius 3 is 2.59 bits per heavy atom. The van der Waals surface area contributed by atoms with Crippen molar-refractivity contribution < 1.29 is 13.5 Å². The van der Waals surface area contributed by atoms with Gasteiger partial charge in [0.1, 0.15) is 11.6 Å². The highest BCUT2D eigenvalue weighted by atomic mass is 19.1. The average molecular weight is 239 g/mol. The second-order valence-corrected chi connectivity index (χ2v) is 3.38. The van der Waals surface area contributed by atoms with E-state index in [9.17, 15) is 8.78 Å². The Morgan fingerprint density at radius 1 is 1.24 bits per heavy atom. The smallest absolute Gasteiger partial charge is 0.165 e. The average Bonchev–Trinajstić information content (AvgIpc) is 2.80. The molecule has 17 heavy (non-hydrogen) atoms. The van der Waals surface area contributed by atoms with Crippen molar-refractivity contribution in [2.24, 2.45) is 0 Å². The molecule has 2 N–H and O–H groups in total. The first kappa shape index (κ1) is 11.4. The van der Waals surface area contributed by atoms with Gasteiger partial charge in [0.15, 0.2) is 11.6 Å². The molecule has 0 aliphatic rings. The molecule has 2 aromatic rings. The number of halogens is 2. The van der Waals surface area contributed by atoms with E-state index in [-0.39, 0.29) is 11.3 Å². The lowest BCUT2D eigenvalue weighted by atomic mass is 10.1. The summed E-state index contributed by atoms with van der Waals surface area (Å²) in [5.74, 6) is -0.769. The van der Waals surface area contributed by atoms with E-state index < -0.39 is 11.6 Å². The Morgan fingerprint density at radius 2 is 2.00 bits per heavy atom. The predicted octanol–water partition coefficient (Wildman–Crippen LogP) is 2.41. The SMILES string of the molecule is CNc1cc(-c2cc(F)c(OC)cc2F)[nH]n1. The molecule has 0 amide bonds. The van der Waals surface area contributed by atoms with Gasteiger partial charge in [0.25, 0.3) is 0 Å². The largest absolute Gasteiger partial charge is 0.494 e. The van der Waals surface area contributed by atoms with Crippen LogP contribution >= 0.6 is 0 Å². The maximum Gasteiger partial charge on any atom is 0.165 e. The minimum Gasteiger partial charge on any atom is -0.494 e. The maximum absolute atomic E-state index is 13.7. The van der Waals surface area contributed by atoms with E-state index in [2.05, 4.69) is 20.3 Å². The lowest BCUT2D eigenvalue weighted by Gasteiger charge is -2.05. The van der Waals surface area contributed by atoms with Gasteiger partial charge in [-0.05, 0) is 6.07 Å². The molecule has 0 radical (unpaired) electrons. The van der Waals surface area contributed by atoms with Gasteiger partial charge in [-0.3, -0.25) is 5.10 Å². The molecule has 6 heteroatoms. The molecule has 4 nitrogen and oxygen atoms in total. The number of anilines is 1. The third-order valence-corrected chi connectivity index (χ3v) is 2.37. The number of benzene rings is 1. The summed E-state index contributed by atoms with van der Waals surface area (Å²) in [5.41, 5.74) is 0.505. The van der Waals surface area contributed by atoms with Crippen LogP contribution in [0, 0.1) is 11.6 Å². The number of aromatic amines is 1. The first-order chi connectivity index (χ1) is 8.15. The zero-order valence-corrected chi connectivity index (χ0v) is 9.34. The Kier molecular flexibility index (Phi) is 2.95. The van der Waals surface area contributed by atoms with Crippen molar-refractivity contribution in [3.63, 3.8) is 0 Å². The molecule has 0 saturated carbocycles. The summed E-state index contributed by atoms with van der Waals surface area (Å²) >= 11 is 0. The molecule has 1 aromatic carbocycles. The van der Waals surface area contributed by atoms with Crippen molar-refractivity contribution in [3.8, 4) is 17.0 Å². The van der Waals surface area contributed by atoms with Crippen molar-refractivity contribution in [2.75, 3.05) is 19.5 Å². The summed E-state index contributed by atoms with van der Waals surface area (Å²) in [7, 11) is 2.97. The van der Waals surface area contributed by atoms with E-state index in [1.165, 1.54) is 7.11 Å². The van der Waals surface area contributed by atoms with Crippen molar-refractivity contribution in [3.05, 3.63) is 29.8 Å². The van der Waals surface area contributed by atoms with Gasteiger partial charge in [-0.15, -0.1) is 0 Å². The molecule has 0 saturated heterocycles. The van der Waals surface area contributed by atoms with Crippen LogP contribution in [-0.4, -0.2) is 24.4 Å². The van der Waals surface area contributed by atoms with Crippen LogP contribution in [0.3, 0.4) is 0 Å². The summed E-state index contributed by atoms with van der Waals surface area (Å²) in [6.07, 6.45) is 0. The van der Waals surface area contributed by atoms with E-state index in [0.717, 1.165) is 12.1 Å². The van der Waals surface area contributed by atoms with Gasteiger partial charge in [0, 0.05) is 24.7 Å². The molecule has 90 valence electrons. The minimum absolute atomic E-state index is 0.109. The van der Waals surface area contributed by atoms with Crippen LogP contribution in [0.1, 0.15) is 0 Å². The normalized spacial score (nSPS) is 10.4. The van der Waals surface area contributed by atoms with Crippen molar-refractivity contribution in [2.45, 2.75) is 0 Å². The van der Waals surface area contributed by atoms with Gasteiger partial charge in [0.2, 0.25) is 0 Å². The first-order valence-corrected chi connectivity index (χ1v) is 4.92. The number of ether oxygens (including phenoxy) is 1. The number of aromatic nitrogens is 2. The Bertz CT molecular complexity index is 540. The van der Waals surface area contributed by atoms with E-state index in [4.69, 9.17) is 0 Å². The summed E-state index contributed by atoms with van der Waals surface area (Å²) in [5, 5.41) is 9.28. The summed E-state index contributed by atoms with van der Waals surface area (Å²) in [6.45, 7) is 0. The Balaban J connectivity index is 2.48. The second kappa shape index (κ2) is 4.40. The van der Waals surface area contributed by atoms with Crippen LogP contribution in [0.4, 0.5) is 14.6 Å². The third kappa shape index (κ3) is 2.06. The molecule has 1 heterocycles.